The van der Waals surface area contributed by atoms with Crippen LogP contribution in [0.25, 0.3) is 11.3 Å². The van der Waals surface area contributed by atoms with Crippen LogP contribution in [-0.2, 0) is 0 Å². The molecule has 1 saturated heterocycles. The van der Waals surface area contributed by atoms with Gasteiger partial charge in [0.2, 0.25) is 0 Å². The first-order valence-electron chi connectivity index (χ1n) is 7.23. The Morgan fingerprint density at radius 2 is 2.27 bits per heavy atom. The second-order valence-electron chi connectivity index (χ2n) is 5.20. The summed E-state index contributed by atoms with van der Waals surface area (Å²) in [5, 5.41) is 14.2. The van der Waals surface area contributed by atoms with E-state index in [0.717, 1.165) is 30.6 Å². The largest absolute Gasteiger partial charge is 0.348 e. The monoisotopic (exact) mass is 312 g/mol. The van der Waals surface area contributed by atoms with Crippen molar-refractivity contribution < 1.29 is 4.79 Å². The molecule has 0 bridgehead atoms. The lowest BCUT2D eigenvalue weighted by molar-refractivity contribution is 0.0945. The Labute approximate surface area is 133 Å². The summed E-state index contributed by atoms with van der Waals surface area (Å²) in [4.78, 5) is 18.3. The lowest BCUT2D eigenvalue weighted by atomic mass is 10.2. The zero-order valence-corrected chi connectivity index (χ0v) is 12.8. The van der Waals surface area contributed by atoms with Gasteiger partial charge in [0.1, 0.15) is 0 Å². The predicted octanol–water partition coefficient (Wildman–Crippen LogP) is 2.49. The van der Waals surface area contributed by atoms with E-state index in [9.17, 15) is 4.79 Å². The van der Waals surface area contributed by atoms with Crippen LogP contribution in [0.1, 0.15) is 22.6 Å². The molecule has 1 aromatic heterocycles. The zero-order chi connectivity index (χ0) is 15.4. The minimum atomic E-state index is -0.169. The molecule has 1 aliphatic rings. The average Bonchev–Trinajstić information content (AvgIpc) is 3.22. The van der Waals surface area contributed by atoms with Crippen LogP contribution in [0, 0.1) is 11.5 Å². The van der Waals surface area contributed by atoms with Gasteiger partial charge in [0.05, 0.1) is 11.7 Å². The fraction of sp³-hybridized carbons (Fsp3) is 0.312. The smallest absolute Gasteiger partial charge is 0.280 e. The van der Waals surface area contributed by atoms with Gasteiger partial charge in [-0.1, -0.05) is 30.3 Å². The van der Waals surface area contributed by atoms with Crippen molar-refractivity contribution in [2.75, 3.05) is 13.1 Å². The van der Waals surface area contributed by atoms with Crippen molar-refractivity contribution in [3.05, 3.63) is 40.7 Å². The zero-order valence-electron chi connectivity index (χ0n) is 12.0. The number of carbonyl (C=O) groups is 1. The van der Waals surface area contributed by atoms with Crippen LogP contribution in [0.5, 0.6) is 0 Å². The Kier molecular flexibility index (Phi) is 4.35. The second-order valence-corrected chi connectivity index (χ2v) is 6.06. The van der Waals surface area contributed by atoms with Gasteiger partial charge in [-0.3, -0.25) is 4.79 Å². The molecule has 5 nitrogen and oxygen atoms in total. The summed E-state index contributed by atoms with van der Waals surface area (Å²) in [7, 11) is 0. The van der Waals surface area contributed by atoms with Crippen molar-refractivity contribution in [2.24, 2.45) is 0 Å². The molecule has 0 saturated carbocycles. The van der Waals surface area contributed by atoms with Crippen LogP contribution in [0.2, 0.25) is 0 Å². The van der Waals surface area contributed by atoms with Crippen LogP contribution in [0.4, 0.5) is 0 Å². The maximum atomic E-state index is 12.2. The maximum Gasteiger partial charge on any atom is 0.280 e. The molecular formula is C16H16N4OS. The molecule has 112 valence electrons. The Bertz CT molecular complexity index is 692. The van der Waals surface area contributed by atoms with E-state index in [2.05, 4.69) is 16.5 Å². The lowest BCUT2D eigenvalue weighted by Crippen LogP contribution is -2.37. The van der Waals surface area contributed by atoms with E-state index in [1.54, 1.807) is 4.90 Å². The molecular weight excluding hydrogens is 296 g/mol. The van der Waals surface area contributed by atoms with E-state index < -0.39 is 0 Å². The van der Waals surface area contributed by atoms with Crippen molar-refractivity contribution >= 4 is 17.2 Å². The molecule has 2 heterocycles. The van der Waals surface area contributed by atoms with E-state index in [4.69, 9.17) is 5.26 Å². The van der Waals surface area contributed by atoms with Gasteiger partial charge >= 0.3 is 0 Å². The molecule has 3 rings (SSSR count). The Hall–Kier alpha value is -2.39. The summed E-state index contributed by atoms with van der Waals surface area (Å²) in [5.41, 5.74) is 1.82. The number of likely N-dealkylation sites (tertiary alicyclic amines) is 1. The summed E-state index contributed by atoms with van der Waals surface area (Å²) < 4.78 is 0. The minimum absolute atomic E-state index is 0.113. The Morgan fingerprint density at radius 1 is 1.45 bits per heavy atom. The third-order valence-corrected chi connectivity index (χ3v) is 4.61. The first-order chi connectivity index (χ1) is 10.8. The Balaban J connectivity index is 1.62. The fourth-order valence-corrected chi connectivity index (χ4v) is 3.33. The van der Waals surface area contributed by atoms with Crippen LogP contribution in [0.3, 0.4) is 0 Å². The molecule has 0 aliphatic carbocycles. The molecule has 1 fully saturated rings. The molecule has 1 amide bonds. The Morgan fingerprint density at radius 3 is 3.05 bits per heavy atom. The number of thiazole rings is 1. The highest BCUT2D eigenvalue weighted by Crippen LogP contribution is 2.21. The molecule has 0 spiro atoms. The number of nitriles is 1. The van der Waals surface area contributed by atoms with Crippen LogP contribution in [-0.4, -0.2) is 34.9 Å². The molecule has 1 unspecified atom stereocenters. The van der Waals surface area contributed by atoms with Gasteiger partial charge in [-0.2, -0.15) is 5.26 Å². The fourth-order valence-electron chi connectivity index (χ4n) is 2.59. The van der Waals surface area contributed by atoms with Gasteiger partial charge in [-0.25, -0.2) is 4.98 Å². The summed E-state index contributed by atoms with van der Waals surface area (Å²) in [6, 6.07) is 9.91. The third kappa shape index (κ3) is 3.10. The van der Waals surface area contributed by atoms with E-state index >= 15 is 0 Å². The van der Waals surface area contributed by atoms with E-state index in [1.165, 1.54) is 11.3 Å². The highest BCUT2D eigenvalue weighted by molar-refractivity contribution is 7.12. The van der Waals surface area contributed by atoms with Gasteiger partial charge < -0.3 is 10.2 Å². The number of aromatic nitrogens is 1. The number of nitrogens with zero attached hydrogens (tertiary/aromatic N) is 3. The van der Waals surface area contributed by atoms with Crippen LogP contribution >= 0.6 is 11.3 Å². The quantitative estimate of drug-likeness (QED) is 0.881. The first-order valence-corrected chi connectivity index (χ1v) is 8.11. The number of rotatable bonds is 4. The molecule has 1 aliphatic heterocycles. The number of benzene rings is 1. The van der Waals surface area contributed by atoms with Gasteiger partial charge in [-0.05, 0) is 12.8 Å². The number of carbonyl (C=O) groups excluding carboxylic acids is 1. The van der Waals surface area contributed by atoms with Crippen molar-refractivity contribution in [1.82, 2.24) is 15.2 Å². The molecule has 22 heavy (non-hydrogen) atoms. The molecule has 1 aromatic carbocycles. The van der Waals surface area contributed by atoms with Crippen LogP contribution in [0.15, 0.2) is 35.7 Å². The number of hydrogen-bond acceptors (Lipinski definition) is 5. The van der Waals surface area contributed by atoms with Gasteiger partial charge in [-0.15, -0.1) is 11.3 Å². The number of amides is 1. The van der Waals surface area contributed by atoms with Gasteiger partial charge in [0.25, 0.3) is 5.91 Å². The molecule has 1 N–H and O–H groups in total. The van der Waals surface area contributed by atoms with E-state index in [-0.39, 0.29) is 11.9 Å². The molecule has 0 radical (unpaired) electrons. The van der Waals surface area contributed by atoms with Gasteiger partial charge in [0, 0.05) is 24.0 Å². The average molecular weight is 312 g/mol. The summed E-state index contributed by atoms with van der Waals surface area (Å²) in [6.07, 6.45) is 4.12. The van der Waals surface area contributed by atoms with Crippen molar-refractivity contribution in [3.63, 3.8) is 0 Å². The topological polar surface area (TPSA) is 69.0 Å². The highest BCUT2D eigenvalue weighted by atomic mass is 32.1. The highest BCUT2D eigenvalue weighted by Gasteiger charge is 2.24. The normalized spacial score (nSPS) is 17.2. The minimum Gasteiger partial charge on any atom is -0.348 e. The summed E-state index contributed by atoms with van der Waals surface area (Å²) >= 11 is 1.34. The second kappa shape index (κ2) is 6.58. The first kappa shape index (κ1) is 14.5. The van der Waals surface area contributed by atoms with Crippen LogP contribution < -0.4 is 5.32 Å². The SMILES string of the molecule is N#CN1CCCC1CNC(=O)c1nc(-c2ccccc2)cs1. The molecule has 6 heteroatoms. The summed E-state index contributed by atoms with van der Waals surface area (Å²) in [5.74, 6) is -0.169. The standard InChI is InChI=1S/C16H16N4OS/c17-11-20-8-4-7-13(20)9-18-15(21)16-19-14(10-22-16)12-5-2-1-3-6-12/h1-3,5-6,10,13H,4,7-9H2,(H,18,21). The lowest BCUT2D eigenvalue weighted by Gasteiger charge is -2.18. The molecule has 2 aromatic rings. The molecule has 1 atom stereocenters. The maximum absolute atomic E-state index is 12.2. The van der Waals surface area contributed by atoms with Gasteiger partial charge in [0.15, 0.2) is 11.2 Å². The van der Waals surface area contributed by atoms with E-state index in [0.29, 0.717) is 11.6 Å². The summed E-state index contributed by atoms with van der Waals surface area (Å²) in [6.45, 7) is 1.28. The number of hydrogen-bond donors (Lipinski definition) is 1. The number of nitrogens with one attached hydrogen (secondary N) is 1. The van der Waals surface area contributed by atoms with Crippen molar-refractivity contribution in [3.8, 4) is 17.5 Å². The van der Waals surface area contributed by atoms with Crippen molar-refractivity contribution in [2.45, 2.75) is 18.9 Å². The third-order valence-electron chi connectivity index (χ3n) is 3.77. The van der Waals surface area contributed by atoms with E-state index in [1.807, 2.05) is 35.7 Å². The van der Waals surface area contributed by atoms with Crippen molar-refractivity contribution in [1.29, 1.82) is 5.26 Å². The predicted molar refractivity (Wildman–Crippen MR) is 85.2 cm³/mol.